The number of carbonyl (C=O) groups is 2. The van der Waals surface area contributed by atoms with Crippen molar-refractivity contribution in [1.29, 1.82) is 0 Å². The molecule has 0 N–H and O–H groups in total. The molecule has 5 heteroatoms. The van der Waals surface area contributed by atoms with E-state index in [1.807, 2.05) is 12.2 Å². The van der Waals surface area contributed by atoms with Gasteiger partial charge in [0.25, 0.3) is 0 Å². The van der Waals surface area contributed by atoms with E-state index in [2.05, 4.69) is 106 Å². The molecule has 0 radical (unpaired) electrons. The Hall–Kier alpha value is -3.18. The van der Waals surface area contributed by atoms with Crippen molar-refractivity contribution in [2.75, 3.05) is 19.8 Å². The van der Waals surface area contributed by atoms with Gasteiger partial charge in [-0.15, -0.1) is 0 Å². The molecule has 1 unspecified atom stereocenters. The molecule has 52 heavy (non-hydrogen) atoms. The maximum Gasteiger partial charge on any atom is 0.309 e. The van der Waals surface area contributed by atoms with Crippen LogP contribution in [0.2, 0.25) is 0 Å². The third-order valence-electron chi connectivity index (χ3n) is 8.15. The zero-order valence-corrected chi connectivity index (χ0v) is 33.5. The van der Waals surface area contributed by atoms with Gasteiger partial charge in [0.05, 0.1) is 13.0 Å². The zero-order valence-electron chi connectivity index (χ0n) is 33.5. The minimum absolute atomic E-state index is 0.0147. The number of rotatable bonds is 36. The maximum absolute atomic E-state index is 12.6. The quantitative estimate of drug-likeness (QED) is 0.0366. The third-order valence-corrected chi connectivity index (χ3v) is 8.15. The van der Waals surface area contributed by atoms with Crippen molar-refractivity contribution in [3.63, 3.8) is 0 Å². The average molecular weight is 721 g/mol. The molecule has 0 spiro atoms. The Morgan fingerprint density at radius 3 is 1.46 bits per heavy atom. The van der Waals surface area contributed by atoms with Crippen LogP contribution >= 0.6 is 0 Å². The summed E-state index contributed by atoms with van der Waals surface area (Å²) in [6, 6.07) is 0. The minimum Gasteiger partial charge on any atom is -0.461 e. The fourth-order valence-electron chi connectivity index (χ4n) is 5.12. The highest BCUT2D eigenvalue weighted by atomic mass is 16.6. The number of esters is 2. The summed E-state index contributed by atoms with van der Waals surface area (Å²) in [4.78, 5) is 25.1. The molecule has 1 atom stereocenters. The summed E-state index contributed by atoms with van der Waals surface area (Å²) in [6.45, 7) is 7.41. The van der Waals surface area contributed by atoms with E-state index in [4.69, 9.17) is 14.2 Å². The number of unbranched alkanes of at least 4 members (excludes halogenated alkanes) is 10. The molecule has 0 bridgehead atoms. The lowest BCUT2D eigenvalue weighted by molar-refractivity contribution is -0.162. The maximum atomic E-state index is 12.6. The van der Waals surface area contributed by atoms with Crippen molar-refractivity contribution in [3.05, 3.63) is 97.2 Å². The number of hydrogen-bond acceptors (Lipinski definition) is 5. The monoisotopic (exact) mass is 721 g/mol. The topological polar surface area (TPSA) is 61.8 Å². The highest BCUT2D eigenvalue weighted by Crippen LogP contribution is 2.10. The molecule has 0 aromatic rings. The molecular formula is C47H76O5. The van der Waals surface area contributed by atoms with Gasteiger partial charge < -0.3 is 14.2 Å². The Bertz CT molecular complexity index is 1040. The Labute approximate surface area is 320 Å². The van der Waals surface area contributed by atoms with Gasteiger partial charge >= 0.3 is 11.9 Å². The first-order valence-corrected chi connectivity index (χ1v) is 20.8. The van der Waals surface area contributed by atoms with Crippen molar-refractivity contribution < 1.29 is 23.8 Å². The van der Waals surface area contributed by atoms with Crippen molar-refractivity contribution in [2.24, 2.45) is 0 Å². The van der Waals surface area contributed by atoms with Crippen LogP contribution in [-0.4, -0.2) is 37.9 Å². The van der Waals surface area contributed by atoms with E-state index in [1.165, 1.54) is 38.5 Å². The number of ether oxygens (including phenoxy) is 3. The Balaban J connectivity index is 4.43. The average Bonchev–Trinajstić information content (AvgIpc) is 3.14. The molecule has 5 nitrogen and oxygen atoms in total. The normalized spacial score (nSPS) is 13.2. The van der Waals surface area contributed by atoms with E-state index >= 15 is 0 Å². The number of allylic oxidation sites excluding steroid dienone is 15. The Morgan fingerprint density at radius 1 is 0.462 bits per heavy atom. The fourth-order valence-corrected chi connectivity index (χ4v) is 5.12. The molecule has 0 heterocycles. The van der Waals surface area contributed by atoms with Gasteiger partial charge in [0.1, 0.15) is 6.61 Å². The van der Waals surface area contributed by atoms with Crippen molar-refractivity contribution in [1.82, 2.24) is 0 Å². The smallest absolute Gasteiger partial charge is 0.309 e. The first kappa shape index (κ1) is 48.8. The van der Waals surface area contributed by atoms with E-state index in [0.29, 0.717) is 13.0 Å². The van der Waals surface area contributed by atoms with Crippen molar-refractivity contribution in [2.45, 2.75) is 168 Å². The lowest BCUT2D eigenvalue weighted by Gasteiger charge is -2.18. The van der Waals surface area contributed by atoms with Gasteiger partial charge in [-0.05, 0) is 77.0 Å². The Kier molecular flexibility index (Phi) is 39.7. The molecule has 0 aliphatic rings. The van der Waals surface area contributed by atoms with Crippen LogP contribution < -0.4 is 0 Å². The van der Waals surface area contributed by atoms with Gasteiger partial charge in [0.15, 0.2) is 6.10 Å². The molecule has 0 aliphatic carbocycles. The summed E-state index contributed by atoms with van der Waals surface area (Å²) in [5.74, 6) is -0.588. The highest BCUT2D eigenvalue weighted by Gasteiger charge is 2.17. The van der Waals surface area contributed by atoms with Crippen LogP contribution in [0.5, 0.6) is 0 Å². The summed E-state index contributed by atoms with van der Waals surface area (Å²) >= 11 is 0. The minimum atomic E-state index is -0.590. The third kappa shape index (κ3) is 39.6. The summed E-state index contributed by atoms with van der Waals surface area (Å²) in [5.41, 5.74) is 0. The van der Waals surface area contributed by atoms with Gasteiger partial charge in [-0.1, -0.05) is 169 Å². The molecule has 0 rings (SSSR count). The molecule has 0 fully saturated rings. The second kappa shape index (κ2) is 42.2. The van der Waals surface area contributed by atoms with Crippen molar-refractivity contribution >= 4 is 11.9 Å². The number of hydrogen-bond donors (Lipinski definition) is 0. The van der Waals surface area contributed by atoms with Crippen molar-refractivity contribution in [3.8, 4) is 0 Å². The molecule has 0 aromatic carbocycles. The van der Waals surface area contributed by atoms with Gasteiger partial charge in [-0.3, -0.25) is 9.59 Å². The summed E-state index contributed by atoms with van der Waals surface area (Å²) in [5, 5.41) is 0. The van der Waals surface area contributed by atoms with Crippen LogP contribution in [0.25, 0.3) is 0 Å². The molecule has 0 aliphatic heterocycles. The Morgan fingerprint density at radius 2 is 0.923 bits per heavy atom. The SMILES string of the molecule is CC/C=C\C/C=C\C/C=C\C/C=C\C/C=C\CC(=O)OCC(COCCCCCCCCCC)OC(=O)CCCCC/C=C\C/C=C\C/C=C\CC. The lowest BCUT2D eigenvalue weighted by Crippen LogP contribution is -2.30. The van der Waals surface area contributed by atoms with Gasteiger partial charge in [-0.2, -0.15) is 0 Å². The molecule has 0 saturated carbocycles. The molecule has 0 saturated heterocycles. The van der Waals surface area contributed by atoms with Gasteiger partial charge in [0.2, 0.25) is 0 Å². The van der Waals surface area contributed by atoms with E-state index in [9.17, 15) is 9.59 Å². The number of carbonyl (C=O) groups excluding carboxylic acids is 2. The second-order valence-electron chi connectivity index (χ2n) is 13.2. The zero-order chi connectivity index (χ0) is 37.8. The largest absolute Gasteiger partial charge is 0.461 e. The first-order chi connectivity index (χ1) is 25.6. The molecule has 0 amide bonds. The predicted octanol–water partition coefficient (Wildman–Crippen LogP) is 13.5. The summed E-state index contributed by atoms with van der Waals surface area (Å²) in [6.07, 6.45) is 55.7. The predicted molar refractivity (Wildman–Crippen MR) is 223 cm³/mol. The van der Waals surface area contributed by atoms with E-state index in [0.717, 1.165) is 89.9 Å². The molecular weight excluding hydrogens is 645 g/mol. The van der Waals surface area contributed by atoms with Gasteiger partial charge in [-0.25, -0.2) is 0 Å². The van der Waals surface area contributed by atoms with Crippen LogP contribution in [0, 0.1) is 0 Å². The fraction of sp³-hybridized carbons (Fsp3) is 0.617. The first-order valence-electron chi connectivity index (χ1n) is 20.8. The second-order valence-corrected chi connectivity index (χ2v) is 13.2. The lowest BCUT2D eigenvalue weighted by atomic mass is 10.1. The summed E-state index contributed by atoms with van der Waals surface area (Å²) in [7, 11) is 0. The van der Waals surface area contributed by atoms with Crippen LogP contribution in [0.4, 0.5) is 0 Å². The standard InChI is InChI=1S/C47H76O5/c1-4-7-10-13-16-19-21-23-24-26-27-29-31-34-37-40-46(48)51-44-45(43-50-42-39-36-33-18-15-12-9-6-3)52-47(49)41-38-35-32-30-28-25-22-20-17-14-11-8-5-2/h7-8,10-11,16-17,19-20,23-25,27-29,34,37,45H,4-6,9,12-15,18,21-22,26,30-33,35-36,38-44H2,1-3H3/b10-7-,11-8-,19-16-,20-17-,24-23-,28-25-,29-27-,37-34-. The highest BCUT2D eigenvalue weighted by molar-refractivity contribution is 5.71. The van der Waals surface area contributed by atoms with Crippen LogP contribution in [-0.2, 0) is 23.8 Å². The molecule has 0 aromatic heterocycles. The van der Waals surface area contributed by atoms with Crippen LogP contribution in [0.3, 0.4) is 0 Å². The van der Waals surface area contributed by atoms with E-state index in [-0.39, 0.29) is 31.6 Å². The van der Waals surface area contributed by atoms with Crippen LogP contribution in [0.1, 0.15) is 162 Å². The summed E-state index contributed by atoms with van der Waals surface area (Å²) < 4.78 is 17.1. The van der Waals surface area contributed by atoms with Crippen LogP contribution in [0.15, 0.2) is 97.2 Å². The van der Waals surface area contributed by atoms with Gasteiger partial charge in [0, 0.05) is 13.0 Å². The van der Waals surface area contributed by atoms with E-state index < -0.39 is 6.10 Å². The van der Waals surface area contributed by atoms with E-state index in [1.54, 1.807) is 0 Å². The molecule has 294 valence electrons.